The Balaban J connectivity index is 1.78. The van der Waals surface area contributed by atoms with E-state index in [0.717, 1.165) is 5.01 Å². The summed E-state index contributed by atoms with van der Waals surface area (Å²) in [6.45, 7) is 1.98. The van der Waals surface area contributed by atoms with Crippen LogP contribution in [0.1, 0.15) is 17.8 Å². The Labute approximate surface area is 115 Å². The highest BCUT2D eigenvalue weighted by molar-refractivity contribution is 7.15. The van der Waals surface area contributed by atoms with Crippen LogP contribution in [-0.4, -0.2) is 53.5 Å². The molecule has 0 aromatic carbocycles. The summed E-state index contributed by atoms with van der Waals surface area (Å²) in [4.78, 5) is 24.9. The van der Waals surface area contributed by atoms with Crippen molar-refractivity contribution in [3.05, 3.63) is 5.01 Å². The van der Waals surface area contributed by atoms with Crippen LogP contribution in [0, 0.1) is 0 Å². The number of anilines is 1. The van der Waals surface area contributed by atoms with Gasteiger partial charge in [0.2, 0.25) is 11.0 Å². The molecular formula is C11H16N4O3S. The first-order valence-corrected chi connectivity index (χ1v) is 6.84. The molecule has 1 aromatic rings. The maximum Gasteiger partial charge on any atom is 0.240 e. The number of nitrogens with one attached hydrogen (secondary N) is 1. The maximum absolute atomic E-state index is 11.8. The van der Waals surface area contributed by atoms with Gasteiger partial charge in [-0.15, -0.1) is 10.2 Å². The molecule has 2 rings (SSSR count). The minimum Gasteiger partial charge on any atom is -0.377 e. The number of amides is 1. The smallest absolute Gasteiger partial charge is 0.240 e. The standard InChI is InChI=1S/C11H16N4O3S/c1-18-7-10-13-14-11(19-10)12-9(17)6-15-4-2-8(16)3-5-15/h2-7H2,1H3,(H,12,14,17). The van der Waals surface area contributed by atoms with Crippen molar-refractivity contribution in [3.63, 3.8) is 0 Å². The summed E-state index contributed by atoms with van der Waals surface area (Å²) in [7, 11) is 1.58. The maximum atomic E-state index is 11.8. The number of piperidine rings is 1. The Hall–Kier alpha value is -1.38. The van der Waals surface area contributed by atoms with Crippen LogP contribution in [0.5, 0.6) is 0 Å². The SMILES string of the molecule is COCc1nnc(NC(=O)CN2CCC(=O)CC2)s1. The molecule has 1 saturated heterocycles. The van der Waals surface area contributed by atoms with Gasteiger partial charge in [-0.2, -0.15) is 0 Å². The number of carbonyl (C=O) groups is 2. The van der Waals surface area contributed by atoms with Crippen molar-refractivity contribution < 1.29 is 14.3 Å². The molecule has 2 heterocycles. The molecular weight excluding hydrogens is 268 g/mol. The number of hydrogen-bond donors (Lipinski definition) is 1. The molecule has 1 aliphatic heterocycles. The second kappa shape index (κ2) is 6.69. The van der Waals surface area contributed by atoms with Gasteiger partial charge >= 0.3 is 0 Å². The fraction of sp³-hybridized carbons (Fsp3) is 0.636. The minimum absolute atomic E-state index is 0.130. The number of likely N-dealkylation sites (tertiary alicyclic amines) is 1. The van der Waals surface area contributed by atoms with Gasteiger partial charge in [-0.25, -0.2) is 0 Å². The molecule has 0 radical (unpaired) electrons. The highest BCUT2D eigenvalue weighted by Crippen LogP contribution is 2.15. The quantitative estimate of drug-likeness (QED) is 0.836. The molecule has 0 spiro atoms. The summed E-state index contributed by atoms with van der Waals surface area (Å²) in [5.41, 5.74) is 0. The molecule has 0 bridgehead atoms. The van der Waals surface area contributed by atoms with Crippen LogP contribution >= 0.6 is 11.3 Å². The lowest BCUT2D eigenvalue weighted by Crippen LogP contribution is -2.39. The number of aromatic nitrogens is 2. The molecule has 19 heavy (non-hydrogen) atoms. The van der Waals surface area contributed by atoms with E-state index >= 15 is 0 Å². The van der Waals surface area contributed by atoms with Crippen LogP contribution in [0.4, 0.5) is 5.13 Å². The van der Waals surface area contributed by atoms with Crippen molar-refractivity contribution in [2.45, 2.75) is 19.4 Å². The van der Waals surface area contributed by atoms with Gasteiger partial charge in [0.1, 0.15) is 17.4 Å². The van der Waals surface area contributed by atoms with E-state index in [1.54, 1.807) is 7.11 Å². The van der Waals surface area contributed by atoms with E-state index in [4.69, 9.17) is 4.74 Å². The third-order valence-corrected chi connectivity index (χ3v) is 3.57. The van der Waals surface area contributed by atoms with Crippen LogP contribution in [0.3, 0.4) is 0 Å². The Kier molecular flexibility index (Phi) is 4.94. The third kappa shape index (κ3) is 4.34. The fourth-order valence-corrected chi connectivity index (χ4v) is 2.54. The Morgan fingerprint density at radius 2 is 2.16 bits per heavy atom. The molecule has 7 nitrogen and oxygen atoms in total. The van der Waals surface area contributed by atoms with Gasteiger partial charge in [0, 0.05) is 33.0 Å². The molecule has 8 heteroatoms. The monoisotopic (exact) mass is 284 g/mol. The van der Waals surface area contributed by atoms with Crippen LogP contribution in [0.15, 0.2) is 0 Å². The average molecular weight is 284 g/mol. The lowest BCUT2D eigenvalue weighted by Gasteiger charge is -2.24. The van der Waals surface area contributed by atoms with Crippen molar-refractivity contribution in [1.29, 1.82) is 0 Å². The molecule has 104 valence electrons. The van der Waals surface area contributed by atoms with Gasteiger partial charge in [-0.05, 0) is 0 Å². The number of carbonyl (C=O) groups excluding carboxylic acids is 2. The molecule has 1 aromatic heterocycles. The number of rotatable bonds is 5. The zero-order valence-electron chi connectivity index (χ0n) is 10.7. The van der Waals surface area contributed by atoms with Crippen LogP contribution < -0.4 is 5.32 Å². The second-order valence-electron chi connectivity index (χ2n) is 4.30. The minimum atomic E-state index is -0.130. The summed E-state index contributed by atoms with van der Waals surface area (Å²) < 4.78 is 4.93. The number of Topliss-reactive ketones (excluding diaryl/α,β-unsaturated/α-hetero) is 1. The molecule has 1 aliphatic rings. The summed E-state index contributed by atoms with van der Waals surface area (Å²) in [5, 5.41) is 11.7. The number of methoxy groups -OCH3 is 1. The largest absolute Gasteiger partial charge is 0.377 e. The first kappa shape index (κ1) is 14.0. The molecule has 0 atom stereocenters. The first-order chi connectivity index (χ1) is 9.17. The van der Waals surface area contributed by atoms with Crippen LogP contribution in [0.25, 0.3) is 0 Å². The van der Waals surface area contributed by atoms with E-state index in [1.165, 1.54) is 11.3 Å². The summed E-state index contributed by atoms with van der Waals surface area (Å²) in [6, 6.07) is 0. The normalized spacial score (nSPS) is 16.6. The van der Waals surface area contributed by atoms with Gasteiger partial charge in [0.05, 0.1) is 6.54 Å². The molecule has 1 fully saturated rings. The van der Waals surface area contributed by atoms with E-state index in [1.807, 2.05) is 4.90 Å². The van der Waals surface area contributed by atoms with E-state index < -0.39 is 0 Å². The zero-order chi connectivity index (χ0) is 13.7. The lowest BCUT2D eigenvalue weighted by atomic mass is 10.1. The molecule has 0 saturated carbocycles. The van der Waals surface area contributed by atoms with Crippen molar-refractivity contribution >= 4 is 28.2 Å². The lowest BCUT2D eigenvalue weighted by molar-refractivity contribution is -0.124. The Morgan fingerprint density at radius 1 is 1.42 bits per heavy atom. The van der Waals surface area contributed by atoms with Gasteiger partial charge in [-0.3, -0.25) is 19.8 Å². The Morgan fingerprint density at radius 3 is 2.84 bits per heavy atom. The summed E-state index contributed by atoms with van der Waals surface area (Å²) in [6.07, 6.45) is 1.06. The predicted octanol–water partition coefficient (Wildman–Crippen LogP) is 0.288. The van der Waals surface area contributed by atoms with E-state index in [0.29, 0.717) is 37.7 Å². The molecule has 0 unspecified atom stereocenters. The van der Waals surface area contributed by atoms with Gasteiger partial charge < -0.3 is 4.74 Å². The predicted molar refractivity (Wildman–Crippen MR) is 69.9 cm³/mol. The molecule has 1 amide bonds. The van der Waals surface area contributed by atoms with Crippen LogP contribution in [0.2, 0.25) is 0 Å². The highest BCUT2D eigenvalue weighted by atomic mass is 32.1. The van der Waals surface area contributed by atoms with E-state index in [9.17, 15) is 9.59 Å². The van der Waals surface area contributed by atoms with E-state index in [-0.39, 0.29) is 18.2 Å². The third-order valence-electron chi connectivity index (χ3n) is 2.76. The van der Waals surface area contributed by atoms with Gasteiger partial charge in [0.25, 0.3) is 0 Å². The van der Waals surface area contributed by atoms with Crippen molar-refractivity contribution in [3.8, 4) is 0 Å². The van der Waals surface area contributed by atoms with Crippen molar-refractivity contribution in [2.75, 3.05) is 32.1 Å². The second-order valence-corrected chi connectivity index (χ2v) is 5.36. The van der Waals surface area contributed by atoms with Gasteiger partial charge in [-0.1, -0.05) is 11.3 Å². The number of hydrogen-bond acceptors (Lipinski definition) is 7. The fourth-order valence-electron chi connectivity index (χ4n) is 1.81. The number of ketones is 1. The van der Waals surface area contributed by atoms with Crippen LogP contribution in [-0.2, 0) is 20.9 Å². The topological polar surface area (TPSA) is 84.4 Å². The summed E-state index contributed by atoms with van der Waals surface area (Å²) >= 11 is 1.30. The average Bonchev–Trinajstić information content (AvgIpc) is 2.80. The number of ether oxygens (including phenoxy) is 1. The van der Waals surface area contributed by atoms with Crippen molar-refractivity contribution in [1.82, 2.24) is 15.1 Å². The van der Waals surface area contributed by atoms with Gasteiger partial charge in [0.15, 0.2) is 0 Å². The number of nitrogens with zero attached hydrogens (tertiary/aromatic N) is 3. The first-order valence-electron chi connectivity index (χ1n) is 6.02. The van der Waals surface area contributed by atoms with Crippen molar-refractivity contribution in [2.24, 2.45) is 0 Å². The molecule has 1 N–H and O–H groups in total. The highest BCUT2D eigenvalue weighted by Gasteiger charge is 2.18. The zero-order valence-corrected chi connectivity index (χ0v) is 11.5. The molecule has 0 aliphatic carbocycles. The Bertz CT molecular complexity index is 453. The summed E-state index contributed by atoms with van der Waals surface area (Å²) in [5.74, 6) is 0.138. The van der Waals surface area contributed by atoms with E-state index in [2.05, 4.69) is 15.5 Å².